The van der Waals surface area contributed by atoms with Gasteiger partial charge in [0, 0.05) is 49.1 Å². The number of amides is 1. The SMILES string of the molecule is Cc1nc(C2CCCN(Cc3ncc[nH]3)C2)nc2c1CCC(=O)N2CCCc1ccccc1. The standard InChI is InChI=1S/C26H32N6O/c1-19-22-11-12-24(33)32(16-5-9-20-7-3-2-4-8-20)26(22)30-25(29-19)21-10-6-15-31(17-21)18-23-27-13-14-28-23/h2-4,7-8,13-14,21H,5-6,9-12,15-18H2,1H3,(H,27,28). The van der Waals surface area contributed by atoms with Gasteiger partial charge in [0.05, 0.1) is 6.54 Å². The number of H-pyrrole nitrogens is 1. The second-order valence-corrected chi connectivity index (χ2v) is 9.21. The molecule has 3 aromatic rings. The van der Waals surface area contributed by atoms with Gasteiger partial charge in [0.1, 0.15) is 17.5 Å². The number of likely N-dealkylation sites (tertiary alicyclic amines) is 1. The van der Waals surface area contributed by atoms with Crippen molar-refractivity contribution in [2.45, 2.75) is 57.9 Å². The van der Waals surface area contributed by atoms with Crippen LogP contribution in [0.1, 0.15) is 60.1 Å². The number of fused-ring (bicyclic) bond motifs is 1. The smallest absolute Gasteiger partial charge is 0.228 e. The number of nitrogens with one attached hydrogen (secondary N) is 1. The Kier molecular flexibility index (Phi) is 6.48. The topological polar surface area (TPSA) is 78.0 Å². The molecule has 0 bridgehead atoms. The molecule has 0 saturated carbocycles. The maximum Gasteiger partial charge on any atom is 0.228 e. The van der Waals surface area contributed by atoms with E-state index < -0.39 is 0 Å². The van der Waals surface area contributed by atoms with Crippen LogP contribution in [0, 0.1) is 6.92 Å². The highest BCUT2D eigenvalue weighted by molar-refractivity contribution is 5.95. The Bertz CT molecular complexity index is 1080. The number of nitrogens with zero attached hydrogens (tertiary/aromatic N) is 5. The fourth-order valence-corrected chi connectivity index (χ4v) is 5.11. The van der Waals surface area contributed by atoms with E-state index in [0.717, 1.165) is 80.5 Å². The Morgan fingerprint density at radius 3 is 2.85 bits per heavy atom. The molecule has 172 valence electrons. The number of hydrogen-bond acceptors (Lipinski definition) is 5. The van der Waals surface area contributed by atoms with Gasteiger partial charge in [-0.3, -0.25) is 14.6 Å². The molecule has 1 atom stereocenters. The fraction of sp³-hybridized carbons (Fsp3) is 0.462. The van der Waals surface area contributed by atoms with E-state index in [2.05, 4.69) is 46.1 Å². The van der Waals surface area contributed by atoms with Crippen molar-refractivity contribution in [1.82, 2.24) is 24.8 Å². The van der Waals surface area contributed by atoms with Gasteiger partial charge in [-0.25, -0.2) is 15.0 Å². The van der Waals surface area contributed by atoms with Crippen LogP contribution in [-0.2, 0) is 24.2 Å². The number of anilines is 1. The summed E-state index contributed by atoms with van der Waals surface area (Å²) in [5.41, 5.74) is 3.47. The first kappa shape index (κ1) is 21.8. The van der Waals surface area contributed by atoms with Crippen LogP contribution in [0.3, 0.4) is 0 Å². The number of piperidine rings is 1. The maximum atomic E-state index is 12.9. The molecule has 0 radical (unpaired) electrons. The van der Waals surface area contributed by atoms with E-state index in [9.17, 15) is 4.79 Å². The quantitative estimate of drug-likeness (QED) is 0.600. The second-order valence-electron chi connectivity index (χ2n) is 9.21. The molecule has 1 fully saturated rings. The predicted molar refractivity (Wildman–Crippen MR) is 128 cm³/mol. The second kappa shape index (κ2) is 9.83. The van der Waals surface area contributed by atoms with Crippen LogP contribution in [0.2, 0.25) is 0 Å². The van der Waals surface area contributed by atoms with Crippen molar-refractivity contribution in [2.75, 3.05) is 24.5 Å². The number of hydrogen-bond donors (Lipinski definition) is 1. The van der Waals surface area contributed by atoms with Crippen LogP contribution in [-0.4, -0.2) is 50.4 Å². The number of imidazole rings is 1. The number of rotatable bonds is 7. The number of aryl methyl sites for hydroxylation is 2. The summed E-state index contributed by atoms with van der Waals surface area (Å²) in [5, 5.41) is 0. The van der Waals surface area contributed by atoms with Crippen LogP contribution < -0.4 is 4.90 Å². The van der Waals surface area contributed by atoms with Crippen molar-refractivity contribution in [3.63, 3.8) is 0 Å². The van der Waals surface area contributed by atoms with Gasteiger partial charge in [0.25, 0.3) is 0 Å². The van der Waals surface area contributed by atoms with E-state index in [1.54, 1.807) is 6.20 Å². The fourth-order valence-electron chi connectivity index (χ4n) is 5.11. The molecule has 0 spiro atoms. The first-order valence-corrected chi connectivity index (χ1v) is 12.1. The van der Waals surface area contributed by atoms with Gasteiger partial charge >= 0.3 is 0 Å². The van der Waals surface area contributed by atoms with Gasteiger partial charge in [0.2, 0.25) is 5.91 Å². The minimum atomic E-state index is 0.183. The van der Waals surface area contributed by atoms with Crippen LogP contribution in [0.4, 0.5) is 5.82 Å². The Balaban J connectivity index is 1.33. The van der Waals surface area contributed by atoms with Crippen LogP contribution in [0.25, 0.3) is 0 Å². The predicted octanol–water partition coefficient (Wildman–Crippen LogP) is 3.80. The molecule has 5 rings (SSSR count). The van der Waals surface area contributed by atoms with E-state index in [-0.39, 0.29) is 11.8 Å². The Labute approximate surface area is 195 Å². The van der Waals surface area contributed by atoms with Crippen molar-refractivity contribution in [3.05, 3.63) is 71.2 Å². The average molecular weight is 445 g/mol. The first-order chi connectivity index (χ1) is 16.2. The molecule has 4 heterocycles. The Morgan fingerprint density at radius 1 is 1.15 bits per heavy atom. The molecule has 2 aliphatic heterocycles. The molecule has 2 aliphatic rings. The average Bonchev–Trinajstić information content (AvgIpc) is 3.34. The van der Waals surface area contributed by atoms with E-state index >= 15 is 0 Å². The summed E-state index contributed by atoms with van der Waals surface area (Å²) in [5.74, 6) is 3.19. The molecule has 7 nitrogen and oxygen atoms in total. The summed E-state index contributed by atoms with van der Waals surface area (Å²) >= 11 is 0. The van der Waals surface area contributed by atoms with E-state index in [1.807, 2.05) is 17.2 Å². The number of aromatic amines is 1. The van der Waals surface area contributed by atoms with Crippen molar-refractivity contribution in [2.24, 2.45) is 0 Å². The molecule has 1 unspecified atom stereocenters. The highest BCUT2D eigenvalue weighted by Crippen LogP contribution is 2.32. The Hall–Kier alpha value is -3.06. The van der Waals surface area contributed by atoms with Gasteiger partial charge in [-0.2, -0.15) is 0 Å². The molecular weight excluding hydrogens is 412 g/mol. The van der Waals surface area contributed by atoms with Crippen LogP contribution >= 0.6 is 0 Å². The molecule has 1 aromatic carbocycles. The molecular formula is C26H32N6O. The van der Waals surface area contributed by atoms with E-state index in [1.165, 1.54) is 5.56 Å². The monoisotopic (exact) mass is 444 g/mol. The largest absolute Gasteiger partial charge is 0.348 e. The van der Waals surface area contributed by atoms with Gasteiger partial charge in [0.15, 0.2) is 0 Å². The summed E-state index contributed by atoms with van der Waals surface area (Å²) in [6, 6.07) is 10.5. The first-order valence-electron chi connectivity index (χ1n) is 12.1. The van der Waals surface area contributed by atoms with Gasteiger partial charge in [-0.15, -0.1) is 0 Å². The maximum absolute atomic E-state index is 12.9. The summed E-state index contributed by atoms with van der Waals surface area (Å²) < 4.78 is 0. The Morgan fingerprint density at radius 2 is 2.03 bits per heavy atom. The lowest BCUT2D eigenvalue weighted by Crippen LogP contribution is -2.39. The third-order valence-corrected chi connectivity index (χ3v) is 6.84. The lowest BCUT2D eigenvalue weighted by molar-refractivity contribution is -0.119. The van der Waals surface area contributed by atoms with E-state index in [4.69, 9.17) is 9.97 Å². The zero-order valence-electron chi connectivity index (χ0n) is 19.3. The van der Waals surface area contributed by atoms with Crippen molar-refractivity contribution < 1.29 is 4.79 Å². The zero-order chi connectivity index (χ0) is 22.6. The summed E-state index contributed by atoms with van der Waals surface area (Å²) in [6.45, 7) is 5.57. The lowest BCUT2D eigenvalue weighted by Gasteiger charge is -2.33. The number of carbonyl (C=O) groups excluding carboxylic acids is 1. The highest BCUT2D eigenvalue weighted by Gasteiger charge is 2.30. The molecule has 2 aromatic heterocycles. The molecule has 7 heteroatoms. The third-order valence-electron chi connectivity index (χ3n) is 6.84. The minimum Gasteiger partial charge on any atom is -0.348 e. The number of carbonyl (C=O) groups is 1. The van der Waals surface area contributed by atoms with E-state index in [0.29, 0.717) is 13.0 Å². The number of aromatic nitrogens is 4. The van der Waals surface area contributed by atoms with Gasteiger partial charge in [-0.1, -0.05) is 30.3 Å². The summed E-state index contributed by atoms with van der Waals surface area (Å²) in [4.78, 5) is 34.8. The summed E-state index contributed by atoms with van der Waals surface area (Å²) in [6.07, 6.45) is 9.04. The highest BCUT2D eigenvalue weighted by atomic mass is 16.2. The minimum absolute atomic E-state index is 0.183. The van der Waals surface area contributed by atoms with Crippen LogP contribution in [0.5, 0.6) is 0 Å². The molecule has 1 saturated heterocycles. The molecule has 0 aliphatic carbocycles. The van der Waals surface area contributed by atoms with Gasteiger partial charge in [-0.05, 0) is 51.1 Å². The molecule has 33 heavy (non-hydrogen) atoms. The lowest BCUT2D eigenvalue weighted by atomic mass is 9.96. The third kappa shape index (κ3) is 4.98. The summed E-state index contributed by atoms with van der Waals surface area (Å²) in [7, 11) is 0. The zero-order valence-corrected chi connectivity index (χ0v) is 19.3. The number of benzene rings is 1. The van der Waals surface area contributed by atoms with Crippen molar-refractivity contribution >= 4 is 11.7 Å². The molecule has 1 N–H and O–H groups in total. The van der Waals surface area contributed by atoms with Gasteiger partial charge < -0.3 is 4.98 Å². The molecule has 1 amide bonds. The van der Waals surface area contributed by atoms with Crippen molar-refractivity contribution in [1.29, 1.82) is 0 Å². The van der Waals surface area contributed by atoms with Crippen molar-refractivity contribution in [3.8, 4) is 0 Å². The normalized spacial score (nSPS) is 19.0. The van der Waals surface area contributed by atoms with Crippen LogP contribution in [0.15, 0.2) is 42.7 Å².